The molecule has 7 nitrogen and oxygen atoms in total. The van der Waals surface area contributed by atoms with Gasteiger partial charge in [-0.2, -0.15) is 0 Å². The zero-order valence-electron chi connectivity index (χ0n) is 10.5. The molecule has 1 aromatic heterocycles. The van der Waals surface area contributed by atoms with E-state index in [4.69, 9.17) is 13.9 Å². The molecular weight excluding hydrogens is 250 g/mol. The van der Waals surface area contributed by atoms with E-state index in [-0.39, 0.29) is 18.2 Å². The van der Waals surface area contributed by atoms with Gasteiger partial charge >= 0.3 is 6.01 Å². The number of nitrogens with zero attached hydrogens (tertiary/aromatic N) is 2. The van der Waals surface area contributed by atoms with Crippen LogP contribution < -0.4 is 5.32 Å². The molecule has 1 aromatic rings. The Hall–Kier alpha value is -1.18. The molecule has 7 heteroatoms. The van der Waals surface area contributed by atoms with Crippen molar-refractivity contribution in [1.82, 2.24) is 10.2 Å². The van der Waals surface area contributed by atoms with Gasteiger partial charge in [-0.3, -0.25) is 0 Å². The van der Waals surface area contributed by atoms with Crippen LogP contribution in [0.5, 0.6) is 0 Å². The third kappa shape index (κ3) is 1.92. The molecule has 0 unspecified atom stereocenters. The van der Waals surface area contributed by atoms with Crippen molar-refractivity contribution < 1.29 is 19.0 Å². The van der Waals surface area contributed by atoms with Crippen molar-refractivity contribution in [1.29, 1.82) is 0 Å². The van der Waals surface area contributed by atoms with Crippen molar-refractivity contribution in [3.05, 3.63) is 5.89 Å². The van der Waals surface area contributed by atoms with Gasteiger partial charge in [-0.1, -0.05) is 11.5 Å². The maximum absolute atomic E-state index is 9.67. The number of hydrogen-bond donors (Lipinski definition) is 2. The van der Waals surface area contributed by atoms with Crippen LogP contribution in [-0.4, -0.2) is 52.9 Å². The number of ether oxygens (including phenoxy) is 2. The highest BCUT2D eigenvalue weighted by molar-refractivity contribution is 5.23. The van der Waals surface area contributed by atoms with Crippen LogP contribution in [0.25, 0.3) is 0 Å². The molecule has 0 radical (unpaired) electrons. The minimum absolute atomic E-state index is 0.0446. The summed E-state index contributed by atoms with van der Waals surface area (Å²) in [5, 5.41) is 20.9. The van der Waals surface area contributed by atoms with Gasteiger partial charge in [0.1, 0.15) is 18.3 Å². The number of hydrogen-bond acceptors (Lipinski definition) is 7. The Kier molecular flexibility index (Phi) is 2.71. The zero-order valence-corrected chi connectivity index (χ0v) is 10.5. The Morgan fingerprint density at radius 2 is 1.95 bits per heavy atom. The monoisotopic (exact) mass is 267 g/mol. The first-order chi connectivity index (χ1) is 9.31. The highest BCUT2D eigenvalue weighted by atomic mass is 16.6. The first-order valence-electron chi connectivity index (χ1n) is 6.82. The Morgan fingerprint density at radius 1 is 1.11 bits per heavy atom. The van der Waals surface area contributed by atoms with Crippen LogP contribution in [0.1, 0.15) is 31.1 Å². The third-order valence-electron chi connectivity index (χ3n) is 4.23. The molecule has 3 fully saturated rings. The Morgan fingerprint density at radius 3 is 2.74 bits per heavy atom. The lowest BCUT2D eigenvalue weighted by molar-refractivity contribution is 0.0184. The van der Waals surface area contributed by atoms with Crippen molar-refractivity contribution in [2.75, 3.05) is 18.5 Å². The van der Waals surface area contributed by atoms with Crippen molar-refractivity contribution in [3.63, 3.8) is 0 Å². The number of aromatic nitrogens is 2. The van der Waals surface area contributed by atoms with Gasteiger partial charge in [0.15, 0.2) is 0 Å². The van der Waals surface area contributed by atoms with Crippen molar-refractivity contribution in [2.24, 2.45) is 0 Å². The second-order valence-corrected chi connectivity index (χ2v) is 5.49. The molecule has 3 aliphatic rings. The second-order valence-electron chi connectivity index (χ2n) is 5.49. The third-order valence-corrected chi connectivity index (χ3v) is 4.23. The van der Waals surface area contributed by atoms with Crippen LogP contribution in [0.3, 0.4) is 0 Å². The average Bonchev–Trinajstić information content (AvgIpc) is 2.99. The SMILES string of the molecule is O[C@@H]1CO[C@H]2[C@@H]1OC[C@H]2Nc1nnc(C2CCC2)o1. The number of anilines is 1. The average molecular weight is 267 g/mol. The van der Waals surface area contributed by atoms with Crippen LogP contribution in [0, 0.1) is 0 Å². The van der Waals surface area contributed by atoms with E-state index < -0.39 is 6.10 Å². The summed E-state index contributed by atoms with van der Waals surface area (Å²) in [5.74, 6) is 1.15. The van der Waals surface area contributed by atoms with Crippen LogP contribution in [0.4, 0.5) is 6.01 Å². The van der Waals surface area contributed by atoms with E-state index in [1.54, 1.807) is 0 Å². The lowest BCUT2D eigenvalue weighted by atomic mass is 9.85. The lowest BCUT2D eigenvalue weighted by Crippen LogP contribution is -2.36. The van der Waals surface area contributed by atoms with Crippen LogP contribution in [-0.2, 0) is 9.47 Å². The molecule has 19 heavy (non-hydrogen) atoms. The summed E-state index contributed by atoms with van der Waals surface area (Å²) in [6.07, 6.45) is 2.58. The maximum Gasteiger partial charge on any atom is 0.315 e. The molecule has 3 heterocycles. The molecule has 0 aromatic carbocycles. The van der Waals surface area contributed by atoms with Gasteiger partial charge in [-0.05, 0) is 12.8 Å². The van der Waals surface area contributed by atoms with E-state index in [1.807, 2.05) is 0 Å². The van der Waals surface area contributed by atoms with E-state index in [2.05, 4.69) is 15.5 Å². The second kappa shape index (κ2) is 4.43. The van der Waals surface area contributed by atoms with Crippen LogP contribution in [0.15, 0.2) is 4.42 Å². The van der Waals surface area contributed by atoms with Gasteiger partial charge in [-0.25, -0.2) is 0 Å². The smallest absolute Gasteiger partial charge is 0.315 e. The van der Waals surface area contributed by atoms with Gasteiger partial charge in [0.25, 0.3) is 0 Å². The quantitative estimate of drug-likeness (QED) is 0.812. The van der Waals surface area contributed by atoms with Gasteiger partial charge in [0.05, 0.1) is 19.3 Å². The molecule has 1 saturated carbocycles. The molecule has 4 rings (SSSR count). The van der Waals surface area contributed by atoms with Crippen molar-refractivity contribution in [3.8, 4) is 0 Å². The van der Waals surface area contributed by atoms with Crippen LogP contribution in [0.2, 0.25) is 0 Å². The number of fused-ring (bicyclic) bond motifs is 1. The fraction of sp³-hybridized carbons (Fsp3) is 0.833. The molecule has 2 saturated heterocycles. The lowest BCUT2D eigenvalue weighted by Gasteiger charge is -2.20. The summed E-state index contributed by atoms with van der Waals surface area (Å²) in [4.78, 5) is 0. The number of aliphatic hydroxyl groups is 1. The topological polar surface area (TPSA) is 89.6 Å². The standard InChI is InChI=1S/C12H17N3O4/c16-8-5-18-9-7(4-17-10(8)9)13-12-15-14-11(19-12)6-2-1-3-6/h6-10,16H,1-5H2,(H,13,15)/t7-,8-,9-,10-/m1/s1. The number of aliphatic hydroxyl groups excluding tert-OH is 1. The van der Waals surface area contributed by atoms with E-state index >= 15 is 0 Å². The summed E-state index contributed by atoms with van der Waals surface area (Å²) in [5.41, 5.74) is 0. The molecule has 0 spiro atoms. The molecule has 2 N–H and O–H groups in total. The van der Waals surface area contributed by atoms with Gasteiger partial charge in [-0.15, -0.1) is 5.10 Å². The molecular formula is C12H17N3O4. The van der Waals surface area contributed by atoms with E-state index in [0.717, 1.165) is 18.7 Å². The highest BCUT2D eigenvalue weighted by Gasteiger charge is 2.47. The summed E-state index contributed by atoms with van der Waals surface area (Å²) >= 11 is 0. The fourth-order valence-electron chi connectivity index (χ4n) is 2.87. The minimum Gasteiger partial charge on any atom is -0.408 e. The van der Waals surface area contributed by atoms with E-state index in [1.165, 1.54) is 6.42 Å². The largest absolute Gasteiger partial charge is 0.408 e. The maximum atomic E-state index is 9.67. The van der Waals surface area contributed by atoms with Crippen molar-refractivity contribution in [2.45, 2.75) is 49.5 Å². The Labute approximate surface area is 110 Å². The Balaban J connectivity index is 1.42. The fourth-order valence-corrected chi connectivity index (χ4v) is 2.87. The molecule has 4 atom stereocenters. The van der Waals surface area contributed by atoms with E-state index in [9.17, 15) is 5.11 Å². The summed E-state index contributed by atoms with van der Waals surface area (Å²) in [6.45, 7) is 0.804. The molecule has 104 valence electrons. The summed E-state index contributed by atoms with van der Waals surface area (Å²) < 4.78 is 16.7. The molecule has 0 bridgehead atoms. The molecule has 0 amide bonds. The highest BCUT2D eigenvalue weighted by Crippen LogP contribution is 2.36. The zero-order chi connectivity index (χ0) is 12.8. The Bertz CT molecular complexity index is 462. The molecule has 1 aliphatic carbocycles. The van der Waals surface area contributed by atoms with Gasteiger partial charge in [0.2, 0.25) is 5.89 Å². The molecule has 2 aliphatic heterocycles. The predicted octanol–water partition coefficient (Wildman–Crippen LogP) is 0.276. The summed E-state index contributed by atoms with van der Waals surface area (Å²) in [7, 11) is 0. The van der Waals surface area contributed by atoms with Crippen molar-refractivity contribution >= 4 is 6.01 Å². The van der Waals surface area contributed by atoms with E-state index in [0.29, 0.717) is 25.1 Å². The minimum atomic E-state index is -0.537. The predicted molar refractivity (Wildman–Crippen MR) is 63.8 cm³/mol. The number of rotatable bonds is 3. The first-order valence-corrected chi connectivity index (χ1v) is 6.82. The van der Waals surface area contributed by atoms with Crippen LogP contribution >= 0.6 is 0 Å². The normalized spacial score (nSPS) is 38.2. The van der Waals surface area contributed by atoms with Gasteiger partial charge in [0, 0.05) is 5.92 Å². The number of nitrogens with one attached hydrogen (secondary N) is 1. The van der Waals surface area contributed by atoms with Gasteiger partial charge < -0.3 is 24.3 Å². The summed E-state index contributed by atoms with van der Waals surface area (Å²) in [6, 6.07) is 0.373. The first kappa shape index (κ1) is 11.6.